The Morgan fingerprint density at radius 1 is 1.60 bits per heavy atom. The molecule has 15 heavy (non-hydrogen) atoms. The lowest BCUT2D eigenvalue weighted by Gasteiger charge is -2.21. The zero-order chi connectivity index (χ0) is 11.3. The fourth-order valence-electron chi connectivity index (χ4n) is 1.80. The van der Waals surface area contributed by atoms with Crippen LogP contribution in [0.25, 0.3) is 0 Å². The topological polar surface area (TPSA) is 56.1 Å². The zero-order valence-electron chi connectivity index (χ0n) is 9.55. The van der Waals surface area contributed by atoms with E-state index in [-0.39, 0.29) is 11.3 Å². The molecule has 0 saturated heterocycles. The number of nitrogens with zero attached hydrogens (tertiary/aromatic N) is 2. The van der Waals surface area contributed by atoms with Gasteiger partial charge in [-0.2, -0.15) is 5.26 Å². The Labute approximate surface area is 91.2 Å². The minimum atomic E-state index is 0.0759. The minimum Gasteiger partial charge on any atom is -0.359 e. The Morgan fingerprint density at radius 2 is 2.27 bits per heavy atom. The highest BCUT2D eigenvalue weighted by Gasteiger charge is 2.42. The summed E-state index contributed by atoms with van der Waals surface area (Å²) in [5, 5.41) is 11.3. The average Bonchev–Trinajstić information content (AvgIpc) is 2.95. The maximum atomic E-state index is 11.0. The van der Waals surface area contributed by atoms with Gasteiger partial charge in [0, 0.05) is 33.0 Å². The van der Waals surface area contributed by atoms with Crippen LogP contribution < -0.4 is 5.32 Å². The molecule has 4 heteroatoms. The first-order chi connectivity index (χ1) is 7.12. The summed E-state index contributed by atoms with van der Waals surface area (Å²) in [5.41, 5.74) is 0.242. The highest BCUT2D eigenvalue weighted by molar-refractivity contribution is 5.75. The van der Waals surface area contributed by atoms with Crippen LogP contribution in [0.3, 0.4) is 0 Å². The number of nitriles is 1. The number of hydrogen-bond donors (Lipinski definition) is 1. The van der Waals surface area contributed by atoms with Crippen LogP contribution in [0.2, 0.25) is 0 Å². The van der Waals surface area contributed by atoms with Crippen LogP contribution in [0.1, 0.15) is 25.7 Å². The van der Waals surface area contributed by atoms with Crippen LogP contribution in [0.4, 0.5) is 0 Å². The number of nitrogens with one attached hydrogen (secondary N) is 1. The molecule has 0 aromatic carbocycles. The lowest BCUT2D eigenvalue weighted by atomic mass is 10.0. The SMILES string of the molecule is CNC(=O)CCN(C)CC1(CC#N)CC1. The summed E-state index contributed by atoms with van der Waals surface area (Å²) in [5.74, 6) is 0.0759. The van der Waals surface area contributed by atoms with Gasteiger partial charge in [0.1, 0.15) is 0 Å². The Bertz CT molecular complexity index is 265. The van der Waals surface area contributed by atoms with Crippen molar-refractivity contribution in [2.75, 3.05) is 27.2 Å². The van der Waals surface area contributed by atoms with E-state index < -0.39 is 0 Å². The number of carbonyl (C=O) groups excluding carboxylic acids is 1. The summed E-state index contributed by atoms with van der Waals surface area (Å²) in [7, 11) is 3.67. The van der Waals surface area contributed by atoms with E-state index in [2.05, 4.69) is 16.3 Å². The van der Waals surface area contributed by atoms with Crippen molar-refractivity contribution in [2.24, 2.45) is 5.41 Å². The average molecular weight is 209 g/mol. The molecule has 0 radical (unpaired) electrons. The second kappa shape index (κ2) is 5.13. The molecule has 1 fully saturated rings. The van der Waals surface area contributed by atoms with Gasteiger partial charge in [-0.3, -0.25) is 4.79 Å². The molecule has 0 spiro atoms. The summed E-state index contributed by atoms with van der Waals surface area (Å²) in [6, 6.07) is 2.25. The summed E-state index contributed by atoms with van der Waals surface area (Å²) in [6.07, 6.45) is 3.50. The van der Waals surface area contributed by atoms with Crippen molar-refractivity contribution in [1.82, 2.24) is 10.2 Å². The molecule has 1 aliphatic carbocycles. The van der Waals surface area contributed by atoms with Crippen LogP contribution in [-0.4, -0.2) is 38.0 Å². The number of carbonyl (C=O) groups is 1. The molecule has 4 nitrogen and oxygen atoms in total. The van der Waals surface area contributed by atoms with E-state index in [1.54, 1.807) is 7.05 Å². The molecule has 84 valence electrons. The summed E-state index contributed by atoms with van der Waals surface area (Å²) in [6.45, 7) is 1.71. The standard InChI is InChI=1S/C11H19N3O/c1-13-10(15)3-8-14(2)9-11(4-5-11)6-7-12/h3-6,8-9H2,1-2H3,(H,13,15). The van der Waals surface area contributed by atoms with Gasteiger partial charge in [0.15, 0.2) is 0 Å². The Morgan fingerprint density at radius 3 is 2.73 bits per heavy atom. The largest absolute Gasteiger partial charge is 0.359 e. The first-order valence-corrected chi connectivity index (χ1v) is 5.38. The lowest BCUT2D eigenvalue weighted by Crippen LogP contribution is -2.31. The molecule has 1 N–H and O–H groups in total. The highest BCUT2D eigenvalue weighted by atomic mass is 16.1. The van der Waals surface area contributed by atoms with Crippen molar-refractivity contribution >= 4 is 5.91 Å². The molecular weight excluding hydrogens is 190 g/mol. The minimum absolute atomic E-state index is 0.0759. The fraction of sp³-hybridized carbons (Fsp3) is 0.818. The summed E-state index contributed by atoms with van der Waals surface area (Å²) in [4.78, 5) is 13.2. The quantitative estimate of drug-likeness (QED) is 0.702. The Hall–Kier alpha value is -1.08. The number of rotatable bonds is 6. The molecule has 0 unspecified atom stereocenters. The third-order valence-corrected chi connectivity index (χ3v) is 3.02. The van der Waals surface area contributed by atoms with E-state index in [1.165, 1.54) is 0 Å². The van der Waals surface area contributed by atoms with E-state index in [0.29, 0.717) is 12.8 Å². The smallest absolute Gasteiger partial charge is 0.221 e. The second-order valence-corrected chi connectivity index (χ2v) is 4.50. The molecule has 1 aliphatic rings. The third kappa shape index (κ3) is 3.88. The van der Waals surface area contributed by atoms with E-state index in [4.69, 9.17) is 5.26 Å². The van der Waals surface area contributed by atoms with Crippen LogP contribution in [0.5, 0.6) is 0 Å². The Balaban J connectivity index is 2.21. The van der Waals surface area contributed by atoms with Crippen molar-refractivity contribution in [1.29, 1.82) is 5.26 Å². The van der Waals surface area contributed by atoms with Gasteiger partial charge in [-0.25, -0.2) is 0 Å². The third-order valence-electron chi connectivity index (χ3n) is 3.02. The molecular formula is C11H19N3O. The monoisotopic (exact) mass is 209 g/mol. The molecule has 1 amide bonds. The summed E-state index contributed by atoms with van der Waals surface area (Å²) >= 11 is 0. The van der Waals surface area contributed by atoms with Crippen LogP contribution in [-0.2, 0) is 4.79 Å². The van der Waals surface area contributed by atoms with Crippen molar-refractivity contribution < 1.29 is 4.79 Å². The molecule has 0 aromatic rings. The van der Waals surface area contributed by atoms with Crippen LogP contribution >= 0.6 is 0 Å². The van der Waals surface area contributed by atoms with E-state index >= 15 is 0 Å². The first kappa shape index (κ1) is 12.0. The van der Waals surface area contributed by atoms with Crippen LogP contribution in [0, 0.1) is 16.7 Å². The normalized spacial score (nSPS) is 17.2. The Kier molecular flexibility index (Phi) is 4.10. The molecule has 1 saturated carbocycles. The maximum Gasteiger partial charge on any atom is 0.221 e. The van der Waals surface area contributed by atoms with Gasteiger partial charge in [0.05, 0.1) is 6.07 Å². The predicted molar refractivity (Wildman–Crippen MR) is 58.1 cm³/mol. The molecule has 0 aliphatic heterocycles. The maximum absolute atomic E-state index is 11.0. The molecule has 1 rings (SSSR count). The van der Waals surface area contributed by atoms with E-state index in [1.807, 2.05) is 7.05 Å². The van der Waals surface area contributed by atoms with Gasteiger partial charge >= 0.3 is 0 Å². The highest BCUT2D eigenvalue weighted by Crippen LogP contribution is 2.48. The van der Waals surface area contributed by atoms with Crippen molar-refractivity contribution in [2.45, 2.75) is 25.7 Å². The zero-order valence-corrected chi connectivity index (χ0v) is 9.55. The van der Waals surface area contributed by atoms with E-state index in [0.717, 1.165) is 25.9 Å². The van der Waals surface area contributed by atoms with Gasteiger partial charge < -0.3 is 10.2 Å². The molecule has 0 aromatic heterocycles. The van der Waals surface area contributed by atoms with Crippen molar-refractivity contribution in [3.63, 3.8) is 0 Å². The van der Waals surface area contributed by atoms with Gasteiger partial charge in [0.2, 0.25) is 5.91 Å². The molecule has 0 atom stereocenters. The summed E-state index contributed by atoms with van der Waals surface area (Å²) < 4.78 is 0. The lowest BCUT2D eigenvalue weighted by molar-refractivity contribution is -0.120. The fourth-order valence-corrected chi connectivity index (χ4v) is 1.80. The molecule has 0 heterocycles. The van der Waals surface area contributed by atoms with Gasteiger partial charge in [0.25, 0.3) is 0 Å². The number of hydrogen-bond acceptors (Lipinski definition) is 3. The van der Waals surface area contributed by atoms with Gasteiger partial charge in [-0.05, 0) is 25.3 Å². The number of amides is 1. The van der Waals surface area contributed by atoms with Gasteiger partial charge in [-0.1, -0.05) is 0 Å². The second-order valence-electron chi connectivity index (χ2n) is 4.50. The van der Waals surface area contributed by atoms with Crippen LogP contribution in [0.15, 0.2) is 0 Å². The molecule has 0 bridgehead atoms. The predicted octanol–water partition coefficient (Wildman–Crippen LogP) is 0.748. The van der Waals surface area contributed by atoms with E-state index in [9.17, 15) is 4.79 Å². The van der Waals surface area contributed by atoms with Crippen molar-refractivity contribution in [3.8, 4) is 6.07 Å². The van der Waals surface area contributed by atoms with Crippen molar-refractivity contribution in [3.05, 3.63) is 0 Å². The van der Waals surface area contributed by atoms with Gasteiger partial charge in [-0.15, -0.1) is 0 Å². The first-order valence-electron chi connectivity index (χ1n) is 5.38.